The summed E-state index contributed by atoms with van der Waals surface area (Å²) in [7, 11) is 0. The topological polar surface area (TPSA) is 70.6 Å². The Morgan fingerprint density at radius 3 is 2.36 bits per heavy atom. The molecule has 6 heteroatoms. The average molecular weight is 402 g/mol. The lowest BCUT2D eigenvalue weighted by Crippen LogP contribution is -2.21. The fraction of sp³-hybridized carbons (Fsp3) is 0.211. The summed E-state index contributed by atoms with van der Waals surface area (Å²) in [6.45, 7) is 5.71. The molecule has 0 aliphatic carbocycles. The molecule has 0 aliphatic rings. The van der Waals surface area contributed by atoms with Crippen LogP contribution in [0.4, 0.5) is 5.69 Å². The summed E-state index contributed by atoms with van der Waals surface area (Å²) in [6, 6.07) is 12.7. The van der Waals surface area contributed by atoms with Crippen molar-refractivity contribution in [3.8, 4) is 0 Å². The summed E-state index contributed by atoms with van der Waals surface area (Å²) in [6.07, 6.45) is 0.105. The maximum absolute atomic E-state index is 12.1. The zero-order chi connectivity index (χ0) is 18.4. The number of hydrogen-bond donors (Lipinski definition) is 2. The quantitative estimate of drug-likeness (QED) is 0.581. The third kappa shape index (κ3) is 5.83. The number of benzene rings is 2. The van der Waals surface area contributed by atoms with Gasteiger partial charge in [-0.2, -0.15) is 5.10 Å². The summed E-state index contributed by atoms with van der Waals surface area (Å²) in [4.78, 5) is 24.0. The lowest BCUT2D eigenvalue weighted by atomic mass is 10.1. The van der Waals surface area contributed by atoms with Crippen molar-refractivity contribution in [1.82, 2.24) is 5.43 Å². The first-order valence-corrected chi connectivity index (χ1v) is 8.60. The highest BCUT2D eigenvalue weighted by atomic mass is 79.9. The largest absolute Gasteiger partial charge is 0.326 e. The normalized spacial score (nSPS) is 11.1. The first-order valence-electron chi connectivity index (χ1n) is 7.81. The molecule has 0 saturated heterocycles. The fourth-order valence-electron chi connectivity index (χ4n) is 2.11. The third-order valence-electron chi connectivity index (χ3n) is 3.66. The van der Waals surface area contributed by atoms with E-state index >= 15 is 0 Å². The van der Waals surface area contributed by atoms with Gasteiger partial charge in [-0.05, 0) is 68.3 Å². The summed E-state index contributed by atoms with van der Waals surface area (Å²) in [5, 5.41) is 6.81. The predicted molar refractivity (Wildman–Crippen MR) is 104 cm³/mol. The minimum Gasteiger partial charge on any atom is -0.326 e. The van der Waals surface area contributed by atoms with Crippen molar-refractivity contribution >= 4 is 39.1 Å². The van der Waals surface area contributed by atoms with Crippen LogP contribution >= 0.6 is 15.9 Å². The number of amides is 2. The van der Waals surface area contributed by atoms with Crippen LogP contribution in [0.15, 0.2) is 52.0 Å². The molecule has 2 N–H and O–H groups in total. The van der Waals surface area contributed by atoms with E-state index in [0.29, 0.717) is 11.3 Å². The minimum atomic E-state index is -0.318. The Balaban J connectivity index is 1.89. The third-order valence-corrected chi connectivity index (χ3v) is 4.19. The number of nitrogens with zero attached hydrogens (tertiary/aromatic N) is 1. The first-order chi connectivity index (χ1) is 11.8. The lowest BCUT2D eigenvalue weighted by molar-refractivity contribution is -0.115. The molecule has 0 radical (unpaired) electrons. The maximum Gasteiger partial charge on any atom is 0.271 e. The Hall–Kier alpha value is -2.47. The highest BCUT2D eigenvalue weighted by Gasteiger charge is 2.07. The van der Waals surface area contributed by atoms with Gasteiger partial charge in [0.2, 0.25) is 5.91 Å². The molecular weight excluding hydrogens is 382 g/mol. The number of hydrogen-bond acceptors (Lipinski definition) is 3. The number of halogens is 1. The monoisotopic (exact) mass is 401 g/mol. The summed E-state index contributed by atoms with van der Waals surface area (Å²) >= 11 is 3.32. The van der Waals surface area contributed by atoms with Gasteiger partial charge < -0.3 is 5.32 Å². The smallest absolute Gasteiger partial charge is 0.271 e. The van der Waals surface area contributed by atoms with Crippen molar-refractivity contribution in [2.75, 3.05) is 5.32 Å². The van der Waals surface area contributed by atoms with E-state index in [2.05, 4.69) is 31.8 Å². The van der Waals surface area contributed by atoms with Crippen molar-refractivity contribution in [3.05, 3.63) is 63.6 Å². The van der Waals surface area contributed by atoms with Crippen molar-refractivity contribution < 1.29 is 9.59 Å². The van der Waals surface area contributed by atoms with E-state index in [1.165, 1.54) is 5.56 Å². The molecule has 2 amide bonds. The van der Waals surface area contributed by atoms with Crippen LogP contribution in [-0.2, 0) is 4.79 Å². The minimum absolute atomic E-state index is 0.105. The van der Waals surface area contributed by atoms with Crippen molar-refractivity contribution in [2.45, 2.75) is 27.2 Å². The highest BCUT2D eigenvalue weighted by molar-refractivity contribution is 9.10. The van der Waals surface area contributed by atoms with E-state index in [1.54, 1.807) is 31.2 Å². The van der Waals surface area contributed by atoms with Crippen LogP contribution < -0.4 is 10.7 Å². The Morgan fingerprint density at radius 1 is 1.04 bits per heavy atom. The summed E-state index contributed by atoms with van der Waals surface area (Å²) in [5.41, 5.74) is 6.52. The number of carbonyl (C=O) groups is 2. The Labute approximate surface area is 155 Å². The molecule has 0 atom stereocenters. The molecule has 0 aromatic heterocycles. The molecule has 0 saturated carbocycles. The van der Waals surface area contributed by atoms with Gasteiger partial charge in [0.05, 0.1) is 6.42 Å². The van der Waals surface area contributed by atoms with Gasteiger partial charge in [0.1, 0.15) is 0 Å². The van der Waals surface area contributed by atoms with Crippen LogP contribution in [0.3, 0.4) is 0 Å². The Kier molecular flexibility index (Phi) is 6.47. The second kappa shape index (κ2) is 8.58. The number of nitrogens with one attached hydrogen (secondary N) is 2. The molecule has 0 spiro atoms. The number of carbonyl (C=O) groups excluding carboxylic acids is 2. The zero-order valence-corrected chi connectivity index (χ0v) is 16.0. The summed E-state index contributed by atoms with van der Waals surface area (Å²) < 4.78 is 0.895. The van der Waals surface area contributed by atoms with Crippen LogP contribution in [0.5, 0.6) is 0 Å². The second-order valence-corrected chi connectivity index (χ2v) is 6.73. The van der Waals surface area contributed by atoms with Crippen LogP contribution in [-0.4, -0.2) is 17.5 Å². The molecule has 0 unspecified atom stereocenters. The number of rotatable bonds is 5. The number of anilines is 1. The molecule has 5 nitrogen and oxygen atoms in total. The van der Waals surface area contributed by atoms with Gasteiger partial charge in [0, 0.05) is 21.4 Å². The fourth-order valence-corrected chi connectivity index (χ4v) is 2.37. The van der Waals surface area contributed by atoms with E-state index in [4.69, 9.17) is 0 Å². The van der Waals surface area contributed by atoms with Gasteiger partial charge in [-0.25, -0.2) is 5.43 Å². The molecule has 2 aromatic carbocycles. The number of hydrazone groups is 1. The second-order valence-electron chi connectivity index (χ2n) is 5.82. The van der Waals surface area contributed by atoms with Crippen LogP contribution in [0.25, 0.3) is 0 Å². The molecule has 2 rings (SSSR count). The van der Waals surface area contributed by atoms with Crippen LogP contribution in [0, 0.1) is 13.8 Å². The molecule has 0 bridgehead atoms. The predicted octanol–water partition coefficient (Wildman–Crippen LogP) is 4.20. The van der Waals surface area contributed by atoms with Crippen molar-refractivity contribution in [1.29, 1.82) is 0 Å². The van der Waals surface area contributed by atoms with Gasteiger partial charge in [-0.15, -0.1) is 0 Å². The average Bonchev–Trinajstić information content (AvgIpc) is 2.56. The summed E-state index contributed by atoms with van der Waals surface area (Å²) in [5.74, 6) is -0.496. The number of aryl methyl sites for hydroxylation is 2. The molecule has 2 aromatic rings. The van der Waals surface area contributed by atoms with E-state index in [-0.39, 0.29) is 18.2 Å². The standard InChI is InChI=1S/C19H20BrN3O2/c1-12-4-9-17(10-13(12)2)21-18(24)11-14(3)22-23-19(25)15-5-7-16(20)8-6-15/h4-10H,11H2,1-3H3,(H,21,24)(H,23,25)/b22-14-. The van der Waals surface area contributed by atoms with E-state index in [1.807, 2.05) is 32.0 Å². The van der Waals surface area contributed by atoms with Gasteiger partial charge >= 0.3 is 0 Å². The SMILES string of the molecule is C/C(CC(=O)Nc1ccc(C)c(C)c1)=N/NC(=O)c1ccc(Br)cc1. The zero-order valence-electron chi connectivity index (χ0n) is 14.4. The Bertz CT molecular complexity index is 814. The van der Waals surface area contributed by atoms with Gasteiger partial charge in [-0.3, -0.25) is 9.59 Å². The molecule has 25 heavy (non-hydrogen) atoms. The Morgan fingerprint density at radius 2 is 1.72 bits per heavy atom. The van der Waals surface area contributed by atoms with Gasteiger partial charge in [0.15, 0.2) is 0 Å². The molecular formula is C19H20BrN3O2. The molecule has 0 heterocycles. The van der Waals surface area contributed by atoms with E-state index in [0.717, 1.165) is 15.7 Å². The van der Waals surface area contributed by atoms with Crippen LogP contribution in [0.2, 0.25) is 0 Å². The van der Waals surface area contributed by atoms with E-state index in [9.17, 15) is 9.59 Å². The molecule has 0 aliphatic heterocycles. The maximum atomic E-state index is 12.1. The van der Waals surface area contributed by atoms with E-state index < -0.39 is 0 Å². The van der Waals surface area contributed by atoms with Crippen LogP contribution in [0.1, 0.15) is 34.8 Å². The van der Waals surface area contributed by atoms with Crippen molar-refractivity contribution in [2.24, 2.45) is 5.10 Å². The van der Waals surface area contributed by atoms with Gasteiger partial charge in [-0.1, -0.05) is 22.0 Å². The first kappa shape index (κ1) is 18.9. The van der Waals surface area contributed by atoms with Gasteiger partial charge in [0.25, 0.3) is 5.91 Å². The molecule has 0 fully saturated rings. The highest BCUT2D eigenvalue weighted by Crippen LogP contribution is 2.14. The van der Waals surface area contributed by atoms with Crippen molar-refractivity contribution in [3.63, 3.8) is 0 Å². The molecule has 130 valence electrons. The lowest BCUT2D eigenvalue weighted by Gasteiger charge is -2.08.